The van der Waals surface area contributed by atoms with Gasteiger partial charge in [-0.2, -0.15) is 0 Å². The first-order chi connectivity index (χ1) is 8.06. The Morgan fingerprint density at radius 1 is 1.35 bits per heavy atom. The number of nitrogens with two attached hydrogens (primary N) is 1. The van der Waals surface area contributed by atoms with E-state index in [1.54, 1.807) is 0 Å². The number of hydrogen-bond acceptors (Lipinski definition) is 3. The van der Waals surface area contributed by atoms with E-state index in [2.05, 4.69) is 5.32 Å². The van der Waals surface area contributed by atoms with E-state index in [-0.39, 0.29) is 11.9 Å². The molecule has 0 heterocycles. The van der Waals surface area contributed by atoms with Crippen LogP contribution in [0.1, 0.15) is 45.4 Å². The van der Waals surface area contributed by atoms with Crippen molar-refractivity contribution in [3.05, 3.63) is 0 Å². The first kappa shape index (κ1) is 14.0. The van der Waals surface area contributed by atoms with Crippen LogP contribution in [-0.4, -0.2) is 29.1 Å². The van der Waals surface area contributed by atoms with E-state index in [4.69, 9.17) is 10.8 Å². The molecule has 5 nitrogen and oxygen atoms in total. The standard InChI is InChI=1S/C12H22N2O3/c1-2-9(13)11(15)14-10-7-5-3-4-6-8(10)12(16)17/h8-10H,2-7,13H2,1H3,(H,14,15)(H,16,17). The van der Waals surface area contributed by atoms with Crippen LogP contribution >= 0.6 is 0 Å². The molecule has 0 spiro atoms. The quantitative estimate of drug-likeness (QED) is 0.638. The lowest BCUT2D eigenvalue weighted by Crippen LogP contribution is -2.49. The van der Waals surface area contributed by atoms with Gasteiger partial charge in [0.25, 0.3) is 0 Å². The lowest BCUT2D eigenvalue weighted by molar-refractivity contribution is -0.143. The number of amides is 1. The predicted octanol–water partition coefficient (Wildman–Crippen LogP) is 0.873. The van der Waals surface area contributed by atoms with Crippen molar-refractivity contribution < 1.29 is 14.7 Å². The molecule has 1 saturated carbocycles. The molecule has 4 N–H and O–H groups in total. The van der Waals surface area contributed by atoms with Crippen LogP contribution in [0, 0.1) is 5.92 Å². The molecule has 0 aromatic rings. The molecule has 1 aliphatic carbocycles. The zero-order valence-electron chi connectivity index (χ0n) is 10.3. The summed E-state index contributed by atoms with van der Waals surface area (Å²) in [5, 5.41) is 12.0. The van der Waals surface area contributed by atoms with Crippen molar-refractivity contribution in [2.45, 2.75) is 57.5 Å². The summed E-state index contributed by atoms with van der Waals surface area (Å²) >= 11 is 0. The second kappa shape index (κ2) is 6.59. The van der Waals surface area contributed by atoms with E-state index < -0.39 is 17.9 Å². The molecule has 1 amide bonds. The van der Waals surface area contributed by atoms with Crippen molar-refractivity contribution in [3.8, 4) is 0 Å². The lowest BCUT2D eigenvalue weighted by atomic mass is 9.94. The summed E-state index contributed by atoms with van der Waals surface area (Å²) in [6.45, 7) is 1.84. The van der Waals surface area contributed by atoms with Crippen LogP contribution in [0.3, 0.4) is 0 Å². The summed E-state index contributed by atoms with van der Waals surface area (Å²) in [4.78, 5) is 22.8. The molecule has 0 saturated heterocycles. The Hall–Kier alpha value is -1.10. The van der Waals surface area contributed by atoms with Gasteiger partial charge in [0.1, 0.15) is 0 Å². The second-order valence-corrected chi connectivity index (χ2v) is 4.71. The third kappa shape index (κ3) is 4.00. The molecule has 1 fully saturated rings. The molecule has 17 heavy (non-hydrogen) atoms. The van der Waals surface area contributed by atoms with Crippen molar-refractivity contribution in [3.63, 3.8) is 0 Å². The van der Waals surface area contributed by atoms with E-state index in [0.717, 1.165) is 25.7 Å². The summed E-state index contributed by atoms with van der Waals surface area (Å²) in [6, 6.07) is -0.798. The predicted molar refractivity (Wildman–Crippen MR) is 64.4 cm³/mol. The van der Waals surface area contributed by atoms with Gasteiger partial charge in [0, 0.05) is 6.04 Å². The summed E-state index contributed by atoms with van der Waals surface area (Å²) in [5.74, 6) is -1.52. The average Bonchev–Trinajstić information content (AvgIpc) is 2.53. The molecule has 0 bridgehead atoms. The minimum absolute atomic E-state index is 0.231. The molecule has 0 aliphatic heterocycles. The number of rotatable bonds is 4. The van der Waals surface area contributed by atoms with Crippen LogP contribution in [0.4, 0.5) is 0 Å². The Morgan fingerprint density at radius 2 is 2.00 bits per heavy atom. The Kier molecular flexibility index (Phi) is 5.41. The molecule has 0 aromatic heterocycles. The van der Waals surface area contributed by atoms with Crippen LogP contribution in [0.15, 0.2) is 0 Å². The number of carbonyl (C=O) groups is 2. The van der Waals surface area contributed by atoms with Gasteiger partial charge in [-0.15, -0.1) is 0 Å². The Balaban J connectivity index is 2.63. The van der Waals surface area contributed by atoms with Crippen LogP contribution in [0.2, 0.25) is 0 Å². The number of carboxylic acids is 1. The van der Waals surface area contributed by atoms with Gasteiger partial charge in [0.15, 0.2) is 0 Å². The summed E-state index contributed by atoms with van der Waals surface area (Å²) in [6.07, 6.45) is 4.87. The molecule has 5 heteroatoms. The third-order valence-corrected chi connectivity index (χ3v) is 3.44. The highest BCUT2D eigenvalue weighted by atomic mass is 16.4. The summed E-state index contributed by atoms with van der Waals surface area (Å²) in [7, 11) is 0. The zero-order chi connectivity index (χ0) is 12.8. The van der Waals surface area contributed by atoms with Gasteiger partial charge in [0.2, 0.25) is 5.91 Å². The van der Waals surface area contributed by atoms with E-state index in [0.29, 0.717) is 12.8 Å². The normalized spacial score (nSPS) is 26.9. The summed E-state index contributed by atoms with van der Waals surface area (Å²) in [5.41, 5.74) is 5.63. The van der Waals surface area contributed by atoms with Crippen LogP contribution < -0.4 is 11.1 Å². The maximum atomic E-state index is 11.7. The summed E-state index contributed by atoms with van der Waals surface area (Å²) < 4.78 is 0. The maximum absolute atomic E-state index is 11.7. The minimum atomic E-state index is -0.817. The van der Waals surface area contributed by atoms with Gasteiger partial charge in [-0.1, -0.05) is 26.2 Å². The number of aliphatic carboxylic acids is 1. The Labute approximate surface area is 102 Å². The lowest BCUT2D eigenvalue weighted by Gasteiger charge is -2.24. The molecule has 3 unspecified atom stereocenters. The molecule has 98 valence electrons. The molecule has 1 aliphatic rings. The highest BCUT2D eigenvalue weighted by molar-refractivity contribution is 5.82. The smallest absolute Gasteiger partial charge is 0.308 e. The average molecular weight is 242 g/mol. The molecule has 0 aromatic carbocycles. The van der Waals surface area contributed by atoms with Gasteiger partial charge in [0.05, 0.1) is 12.0 Å². The van der Waals surface area contributed by atoms with Gasteiger partial charge >= 0.3 is 5.97 Å². The molecule has 1 rings (SSSR count). The van der Waals surface area contributed by atoms with Crippen LogP contribution in [0.25, 0.3) is 0 Å². The van der Waals surface area contributed by atoms with Crippen molar-refractivity contribution in [2.75, 3.05) is 0 Å². The fraction of sp³-hybridized carbons (Fsp3) is 0.833. The van der Waals surface area contributed by atoms with Gasteiger partial charge in [-0.3, -0.25) is 9.59 Å². The third-order valence-electron chi connectivity index (χ3n) is 3.44. The van der Waals surface area contributed by atoms with E-state index in [1.165, 1.54) is 0 Å². The highest BCUT2D eigenvalue weighted by Gasteiger charge is 2.31. The van der Waals surface area contributed by atoms with E-state index in [9.17, 15) is 9.59 Å². The van der Waals surface area contributed by atoms with E-state index >= 15 is 0 Å². The molecule has 0 radical (unpaired) electrons. The fourth-order valence-corrected chi connectivity index (χ4v) is 2.25. The van der Waals surface area contributed by atoms with E-state index in [1.807, 2.05) is 6.92 Å². The van der Waals surface area contributed by atoms with Crippen LogP contribution in [-0.2, 0) is 9.59 Å². The largest absolute Gasteiger partial charge is 0.481 e. The second-order valence-electron chi connectivity index (χ2n) is 4.71. The Bertz CT molecular complexity index is 281. The van der Waals surface area contributed by atoms with Gasteiger partial charge in [-0.05, 0) is 19.3 Å². The van der Waals surface area contributed by atoms with Crippen molar-refractivity contribution in [1.82, 2.24) is 5.32 Å². The monoisotopic (exact) mass is 242 g/mol. The van der Waals surface area contributed by atoms with Gasteiger partial charge in [-0.25, -0.2) is 0 Å². The van der Waals surface area contributed by atoms with Crippen molar-refractivity contribution >= 4 is 11.9 Å². The zero-order valence-corrected chi connectivity index (χ0v) is 10.3. The first-order valence-corrected chi connectivity index (χ1v) is 6.35. The molecular formula is C12H22N2O3. The van der Waals surface area contributed by atoms with Gasteiger partial charge < -0.3 is 16.2 Å². The van der Waals surface area contributed by atoms with Crippen LogP contribution in [0.5, 0.6) is 0 Å². The number of nitrogens with one attached hydrogen (secondary N) is 1. The number of hydrogen-bond donors (Lipinski definition) is 3. The Morgan fingerprint density at radius 3 is 2.59 bits per heavy atom. The molecule has 3 atom stereocenters. The first-order valence-electron chi connectivity index (χ1n) is 6.35. The number of carboxylic acid groups (broad SMARTS) is 1. The fourth-order valence-electron chi connectivity index (χ4n) is 2.25. The molecular weight excluding hydrogens is 220 g/mol. The van der Waals surface area contributed by atoms with Crippen molar-refractivity contribution in [2.24, 2.45) is 11.7 Å². The SMILES string of the molecule is CCC(N)C(=O)NC1CCCCCC1C(=O)O. The number of carbonyl (C=O) groups excluding carboxylic acids is 1. The maximum Gasteiger partial charge on any atom is 0.308 e. The minimum Gasteiger partial charge on any atom is -0.481 e. The topological polar surface area (TPSA) is 92.4 Å². The highest BCUT2D eigenvalue weighted by Crippen LogP contribution is 2.23. The van der Waals surface area contributed by atoms with Crippen molar-refractivity contribution in [1.29, 1.82) is 0 Å².